The Bertz CT molecular complexity index is 1150. The highest BCUT2D eigenvalue weighted by molar-refractivity contribution is 7.92. The van der Waals surface area contributed by atoms with Crippen LogP contribution in [-0.2, 0) is 14.8 Å². The van der Waals surface area contributed by atoms with Gasteiger partial charge in [-0.05, 0) is 62.4 Å². The van der Waals surface area contributed by atoms with E-state index in [0.717, 1.165) is 4.31 Å². The van der Waals surface area contributed by atoms with E-state index >= 15 is 0 Å². The molecule has 3 aromatic carbocycles. The summed E-state index contributed by atoms with van der Waals surface area (Å²) in [5.41, 5.74) is 0.859. The molecule has 32 heavy (non-hydrogen) atoms. The topological polar surface area (TPSA) is 84.9 Å². The smallest absolute Gasteiger partial charge is 0.264 e. The SMILES string of the molecule is COc1cccc(N(CC(=O)Nc2ccc(OC(C)C)cc2)S(=O)(=O)c2ccccc2)c1. The lowest BCUT2D eigenvalue weighted by Crippen LogP contribution is -2.38. The van der Waals surface area contributed by atoms with Crippen LogP contribution < -0.4 is 19.1 Å². The molecule has 0 saturated heterocycles. The van der Waals surface area contributed by atoms with Gasteiger partial charge in [-0.25, -0.2) is 8.42 Å². The number of benzene rings is 3. The number of carbonyl (C=O) groups excluding carboxylic acids is 1. The number of carbonyl (C=O) groups is 1. The van der Waals surface area contributed by atoms with Crippen molar-refractivity contribution in [1.82, 2.24) is 0 Å². The Kier molecular flexibility index (Phi) is 7.37. The summed E-state index contributed by atoms with van der Waals surface area (Å²) in [4.78, 5) is 12.9. The molecule has 0 aliphatic rings. The third-order valence-electron chi connectivity index (χ3n) is 4.47. The van der Waals surface area contributed by atoms with Crippen molar-refractivity contribution in [2.75, 3.05) is 23.3 Å². The first-order valence-corrected chi connectivity index (χ1v) is 11.5. The third kappa shape index (κ3) is 5.79. The van der Waals surface area contributed by atoms with Gasteiger partial charge >= 0.3 is 0 Å². The molecule has 0 spiro atoms. The lowest BCUT2D eigenvalue weighted by molar-refractivity contribution is -0.114. The van der Waals surface area contributed by atoms with Gasteiger partial charge < -0.3 is 14.8 Å². The second-order valence-electron chi connectivity index (χ2n) is 7.27. The van der Waals surface area contributed by atoms with Crippen LogP contribution in [0.5, 0.6) is 11.5 Å². The Morgan fingerprint density at radius 3 is 2.25 bits per heavy atom. The first kappa shape index (κ1) is 23.1. The highest BCUT2D eigenvalue weighted by atomic mass is 32.2. The predicted molar refractivity (Wildman–Crippen MR) is 125 cm³/mol. The number of hydrogen-bond acceptors (Lipinski definition) is 5. The summed E-state index contributed by atoms with van der Waals surface area (Å²) in [5.74, 6) is 0.685. The maximum Gasteiger partial charge on any atom is 0.264 e. The van der Waals surface area contributed by atoms with E-state index < -0.39 is 22.5 Å². The molecule has 0 saturated carbocycles. The Morgan fingerprint density at radius 1 is 0.938 bits per heavy atom. The summed E-state index contributed by atoms with van der Waals surface area (Å²) in [5, 5.41) is 2.74. The molecular formula is C24H26N2O5S. The number of ether oxygens (including phenoxy) is 2. The molecule has 3 aromatic rings. The van der Waals surface area contributed by atoms with Gasteiger partial charge in [0, 0.05) is 11.8 Å². The molecule has 7 nitrogen and oxygen atoms in total. The van der Waals surface area contributed by atoms with Crippen LogP contribution in [0, 0.1) is 0 Å². The molecule has 0 unspecified atom stereocenters. The normalized spacial score (nSPS) is 11.1. The van der Waals surface area contributed by atoms with E-state index in [4.69, 9.17) is 9.47 Å². The van der Waals surface area contributed by atoms with E-state index in [1.54, 1.807) is 66.7 Å². The Morgan fingerprint density at radius 2 is 1.62 bits per heavy atom. The average Bonchev–Trinajstić information content (AvgIpc) is 2.79. The molecule has 0 aliphatic heterocycles. The van der Waals surface area contributed by atoms with Gasteiger partial charge in [0.2, 0.25) is 5.91 Å². The van der Waals surface area contributed by atoms with Crippen LogP contribution in [0.3, 0.4) is 0 Å². The predicted octanol–water partition coefficient (Wildman–Crippen LogP) is 4.32. The highest BCUT2D eigenvalue weighted by Crippen LogP contribution is 2.27. The van der Waals surface area contributed by atoms with Crippen molar-refractivity contribution in [3.63, 3.8) is 0 Å². The summed E-state index contributed by atoms with van der Waals surface area (Å²) in [6.45, 7) is 3.45. The molecule has 1 amide bonds. The number of hydrogen-bond donors (Lipinski definition) is 1. The zero-order valence-electron chi connectivity index (χ0n) is 18.2. The van der Waals surface area contributed by atoms with Crippen LogP contribution in [0.25, 0.3) is 0 Å². The first-order chi connectivity index (χ1) is 15.3. The van der Waals surface area contributed by atoms with Crippen molar-refractivity contribution in [3.8, 4) is 11.5 Å². The second kappa shape index (κ2) is 10.2. The van der Waals surface area contributed by atoms with Gasteiger partial charge in [-0.3, -0.25) is 9.10 Å². The van der Waals surface area contributed by atoms with E-state index in [-0.39, 0.29) is 11.0 Å². The molecule has 1 N–H and O–H groups in total. The monoisotopic (exact) mass is 454 g/mol. The van der Waals surface area contributed by atoms with Crippen molar-refractivity contribution in [2.24, 2.45) is 0 Å². The van der Waals surface area contributed by atoms with Crippen LogP contribution in [0.1, 0.15) is 13.8 Å². The second-order valence-corrected chi connectivity index (χ2v) is 9.13. The highest BCUT2D eigenvalue weighted by Gasteiger charge is 2.27. The number of methoxy groups -OCH3 is 1. The van der Waals surface area contributed by atoms with Crippen molar-refractivity contribution in [2.45, 2.75) is 24.8 Å². The van der Waals surface area contributed by atoms with Gasteiger partial charge in [0.1, 0.15) is 18.0 Å². The molecule has 0 bridgehead atoms. The zero-order chi connectivity index (χ0) is 23.1. The largest absolute Gasteiger partial charge is 0.497 e. The van der Waals surface area contributed by atoms with Crippen LogP contribution in [-0.4, -0.2) is 34.1 Å². The number of amides is 1. The van der Waals surface area contributed by atoms with Crippen LogP contribution in [0.4, 0.5) is 11.4 Å². The molecule has 3 rings (SSSR count). The lowest BCUT2D eigenvalue weighted by atomic mass is 10.3. The molecule has 0 aliphatic carbocycles. The van der Waals surface area contributed by atoms with Crippen molar-refractivity contribution in [1.29, 1.82) is 0 Å². The van der Waals surface area contributed by atoms with Gasteiger partial charge in [0.15, 0.2) is 0 Å². The maximum atomic E-state index is 13.4. The maximum absolute atomic E-state index is 13.4. The number of nitrogens with one attached hydrogen (secondary N) is 1. The van der Waals surface area contributed by atoms with Crippen LogP contribution in [0.15, 0.2) is 83.8 Å². The minimum absolute atomic E-state index is 0.0371. The van der Waals surface area contributed by atoms with E-state index in [2.05, 4.69) is 5.32 Å². The molecule has 0 atom stereocenters. The van der Waals surface area contributed by atoms with E-state index in [1.807, 2.05) is 13.8 Å². The summed E-state index contributed by atoms with van der Waals surface area (Å²) in [6, 6.07) is 21.5. The quantitative estimate of drug-likeness (QED) is 0.521. The summed E-state index contributed by atoms with van der Waals surface area (Å²) < 4.78 is 38.6. The fourth-order valence-corrected chi connectivity index (χ4v) is 4.45. The molecule has 168 valence electrons. The average molecular weight is 455 g/mol. The number of rotatable bonds is 9. The number of anilines is 2. The number of sulfonamides is 1. The fraction of sp³-hybridized carbons (Fsp3) is 0.208. The molecular weight excluding hydrogens is 428 g/mol. The van der Waals surface area contributed by atoms with E-state index in [9.17, 15) is 13.2 Å². The molecule has 0 aromatic heterocycles. The molecule has 0 radical (unpaired) electrons. The van der Waals surface area contributed by atoms with Crippen LogP contribution in [0.2, 0.25) is 0 Å². The molecule has 8 heteroatoms. The summed E-state index contributed by atoms with van der Waals surface area (Å²) >= 11 is 0. The summed E-state index contributed by atoms with van der Waals surface area (Å²) in [6.07, 6.45) is 0.0371. The van der Waals surface area contributed by atoms with Gasteiger partial charge in [-0.15, -0.1) is 0 Å². The van der Waals surface area contributed by atoms with Gasteiger partial charge in [0.25, 0.3) is 10.0 Å². The minimum atomic E-state index is -3.99. The number of nitrogens with zero attached hydrogens (tertiary/aromatic N) is 1. The fourth-order valence-electron chi connectivity index (χ4n) is 3.02. The van der Waals surface area contributed by atoms with Crippen molar-refractivity contribution >= 4 is 27.3 Å². The van der Waals surface area contributed by atoms with E-state index in [1.165, 1.54) is 19.2 Å². The summed E-state index contributed by atoms with van der Waals surface area (Å²) in [7, 11) is -2.50. The zero-order valence-corrected chi connectivity index (χ0v) is 19.0. The Hall–Kier alpha value is -3.52. The third-order valence-corrected chi connectivity index (χ3v) is 6.26. The van der Waals surface area contributed by atoms with Crippen molar-refractivity contribution in [3.05, 3.63) is 78.9 Å². The van der Waals surface area contributed by atoms with Gasteiger partial charge in [-0.2, -0.15) is 0 Å². The van der Waals surface area contributed by atoms with E-state index in [0.29, 0.717) is 22.9 Å². The molecule has 0 heterocycles. The van der Waals surface area contributed by atoms with Crippen molar-refractivity contribution < 1.29 is 22.7 Å². The Labute approximate surface area is 188 Å². The Balaban J connectivity index is 1.86. The van der Waals surface area contributed by atoms with Crippen LogP contribution >= 0.6 is 0 Å². The minimum Gasteiger partial charge on any atom is -0.497 e. The van der Waals surface area contributed by atoms with Gasteiger partial charge in [-0.1, -0.05) is 24.3 Å². The standard InChI is InChI=1S/C24H26N2O5S/c1-18(2)31-21-14-12-19(13-15-21)25-24(27)17-26(20-8-7-9-22(16-20)30-3)32(28,29)23-10-5-4-6-11-23/h4-16,18H,17H2,1-3H3,(H,25,27). The first-order valence-electron chi connectivity index (χ1n) is 10.1. The molecule has 0 fully saturated rings. The lowest BCUT2D eigenvalue weighted by Gasteiger charge is -2.24. The van der Waals surface area contributed by atoms with Gasteiger partial charge in [0.05, 0.1) is 23.8 Å².